The van der Waals surface area contributed by atoms with E-state index in [1.165, 1.54) is 0 Å². The fourth-order valence-electron chi connectivity index (χ4n) is 3.51. The molecule has 1 atom stereocenters. The Kier molecular flexibility index (Phi) is 5.30. The lowest BCUT2D eigenvalue weighted by atomic mass is 10.0. The maximum absolute atomic E-state index is 13.3. The molecule has 0 fully saturated rings. The SMILES string of the molecule is COc1ccc(C[C@@H](NC(=O)c2c3ccccc3nc3ccccc23)C(=O)O)cc1. The Labute approximate surface area is 173 Å². The molecular formula is C24H20N2O4. The first-order valence-corrected chi connectivity index (χ1v) is 9.51. The number of nitrogens with one attached hydrogen (secondary N) is 1. The third-order valence-corrected chi connectivity index (χ3v) is 5.02. The van der Waals surface area contributed by atoms with Crippen LogP contribution in [-0.2, 0) is 11.2 Å². The molecular weight excluding hydrogens is 380 g/mol. The van der Waals surface area contributed by atoms with Gasteiger partial charge >= 0.3 is 5.97 Å². The van der Waals surface area contributed by atoms with Crippen molar-refractivity contribution in [3.8, 4) is 5.75 Å². The number of para-hydroxylation sites is 2. The number of methoxy groups -OCH3 is 1. The molecule has 2 N–H and O–H groups in total. The molecule has 0 aliphatic rings. The lowest BCUT2D eigenvalue weighted by Gasteiger charge is -2.17. The molecule has 0 unspecified atom stereocenters. The van der Waals surface area contributed by atoms with E-state index in [9.17, 15) is 14.7 Å². The van der Waals surface area contributed by atoms with Crippen molar-refractivity contribution in [2.24, 2.45) is 0 Å². The average Bonchev–Trinajstić information content (AvgIpc) is 2.77. The van der Waals surface area contributed by atoms with E-state index in [-0.39, 0.29) is 6.42 Å². The fourth-order valence-corrected chi connectivity index (χ4v) is 3.51. The second-order valence-electron chi connectivity index (χ2n) is 6.94. The van der Waals surface area contributed by atoms with E-state index < -0.39 is 17.9 Å². The van der Waals surface area contributed by atoms with Gasteiger partial charge in [0, 0.05) is 17.2 Å². The zero-order valence-corrected chi connectivity index (χ0v) is 16.3. The Hall–Kier alpha value is -3.93. The van der Waals surface area contributed by atoms with Crippen molar-refractivity contribution in [3.05, 3.63) is 83.9 Å². The quantitative estimate of drug-likeness (QED) is 0.480. The molecule has 30 heavy (non-hydrogen) atoms. The van der Waals surface area contributed by atoms with Gasteiger partial charge in [-0.2, -0.15) is 0 Å². The Bertz CT molecular complexity index is 1180. The summed E-state index contributed by atoms with van der Waals surface area (Å²) in [5, 5.41) is 13.8. The van der Waals surface area contributed by atoms with Gasteiger partial charge in [-0.05, 0) is 29.8 Å². The largest absolute Gasteiger partial charge is 0.497 e. The second kappa shape index (κ2) is 8.21. The summed E-state index contributed by atoms with van der Waals surface area (Å²) in [5.41, 5.74) is 2.58. The first kappa shape index (κ1) is 19.4. The molecule has 4 rings (SSSR count). The van der Waals surface area contributed by atoms with Gasteiger partial charge in [-0.1, -0.05) is 48.5 Å². The van der Waals surface area contributed by atoms with Crippen molar-refractivity contribution in [1.29, 1.82) is 0 Å². The topological polar surface area (TPSA) is 88.5 Å². The summed E-state index contributed by atoms with van der Waals surface area (Å²) < 4.78 is 5.13. The number of aliphatic carboxylic acids is 1. The predicted molar refractivity (Wildman–Crippen MR) is 115 cm³/mol. The molecule has 0 aliphatic carbocycles. The van der Waals surface area contributed by atoms with E-state index in [0.29, 0.717) is 33.1 Å². The van der Waals surface area contributed by atoms with E-state index in [4.69, 9.17) is 4.74 Å². The number of benzene rings is 3. The number of aromatic nitrogens is 1. The summed E-state index contributed by atoms with van der Waals surface area (Å²) in [5.74, 6) is -0.850. The van der Waals surface area contributed by atoms with Crippen molar-refractivity contribution in [3.63, 3.8) is 0 Å². The van der Waals surface area contributed by atoms with Crippen LogP contribution in [0.25, 0.3) is 21.8 Å². The number of ether oxygens (including phenoxy) is 1. The monoisotopic (exact) mass is 400 g/mol. The maximum Gasteiger partial charge on any atom is 0.326 e. The van der Waals surface area contributed by atoms with E-state index in [0.717, 1.165) is 5.56 Å². The van der Waals surface area contributed by atoms with Crippen molar-refractivity contribution in [2.75, 3.05) is 7.11 Å². The van der Waals surface area contributed by atoms with Crippen molar-refractivity contribution < 1.29 is 19.4 Å². The molecule has 0 bridgehead atoms. The summed E-state index contributed by atoms with van der Waals surface area (Å²) in [4.78, 5) is 29.7. The van der Waals surface area contributed by atoms with Crippen LogP contribution in [0.2, 0.25) is 0 Å². The third kappa shape index (κ3) is 3.80. The van der Waals surface area contributed by atoms with E-state index in [1.807, 2.05) is 48.5 Å². The molecule has 4 aromatic rings. The molecule has 150 valence electrons. The van der Waals surface area contributed by atoms with E-state index >= 15 is 0 Å². The normalized spacial score (nSPS) is 11.9. The smallest absolute Gasteiger partial charge is 0.326 e. The number of carboxylic acids is 1. The molecule has 0 aliphatic heterocycles. The van der Waals surface area contributed by atoms with Gasteiger partial charge in [-0.3, -0.25) is 4.79 Å². The molecule has 0 spiro atoms. The van der Waals surface area contributed by atoms with Gasteiger partial charge in [0.15, 0.2) is 0 Å². The summed E-state index contributed by atoms with van der Waals surface area (Å²) in [6.45, 7) is 0. The predicted octanol–water partition coefficient (Wildman–Crippen LogP) is 3.82. The van der Waals surface area contributed by atoms with Crippen LogP contribution in [0.3, 0.4) is 0 Å². The number of fused-ring (bicyclic) bond motifs is 2. The van der Waals surface area contributed by atoms with E-state index in [1.54, 1.807) is 31.4 Å². The highest BCUT2D eigenvalue weighted by atomic mass is 16.5. The van der Waals surface area contributed by atoms with E-state index in [2.05, 4.69) is 10.3 Å². The molecule has 0 saturated carbocycles. The average molecular weight is 400 g/mol. The molecule has 0 saturated heterocycles. The minimum absolute atomic E-state index is 0.159. The number of carbonyl (C=O) groups is 2. The molecule has 1 aromatic heterocycles. The third-order valence-electron chi connectivity index (χ3n) is 5.02. The summed E-state index contributed by atoms with van der Waals surface area (Å²) >= 11 is 0. The van der Waals surface area contributed by atoms with Gasteiger partial charge in [0.05, 0.1) is 23.7 Å². The van der Waals surface area contributed by atoms with Crippen molar-refractivity contribution in [1.82, 2.24) is 10.3 Å². The van der Waals surface area contributed by atoms with Crippen molar-refractivity contribution >= 4 is 33.7 Å². The second-order valence-corrected chi connectivity index (χ2v) is 6.94. The van der Waals surface area contributed by atoms with Gasteiger partial charge in [0.1, 0.15) is 11.8 Å². The number of hydrogen-bond acceptors (Lipinski definition) is 4. The van der Waals surface area contributed by atoms with Crippen LogP contribution in [0.4, 0.5) is 0 Å². The summed E-state index contributed by atoms with van der Waals surface area (Å²) in [6.07, 6.45) is 0.159. The number of hydrogen-bond donors (Lipinski definition) is 2. The van der Waals surface area contributed by atoms with Crippen LogP contribution >= 0.6 is 0 Å². The maximum atomic E-state index is 13.3. The van der Waals surface area contributed by atoms with Crippen LogP contribution in [0.5, 0.6) is 5.75 Å². The van der Waals surface area contributed by atoms with Gasteiger partial charge in [-0.25, -0.2) is 9.78 Å². The summed E-state index contributed by atoms with van der Waals surface area (Å²) in [6, 6.07) is 20.7. The van der Waals surface area contributed by atoms with Crippen LogP contribution < -0.4 is 10.1 Å². The summed E-state index contributed by atoms with van der Waals surface area (Å²) in [7, 11) is 1.57. The van der Waals surface area contributed by atoms with Gasteiger partial charge in [0.25, 0.3) is 5.91 Å². The lowest BCUT2D eigenvalue weighted by Crippen LogP contribution is -2.42. The highest BCUT2D eigenvalue weighted by Crippen LogP contribution is 2.26. The Balaban J connectivity index is 1.70. The first-order chi connectivity index (χ1) is 14.6. The molecule has 1 heterocycles. The number of amides is 1. The zero-order chi connectivity index (χ0) is 21.1. The zero-order valence-electron chi connectivity index (χ0n) is 16.3. The van der Waals surface area contributed by atoms with Gasteiger partial charge in [0.2, 0.25) is 0 Å². The van der Waals surface area contributed by atoms with Crippen molar-refractivity contribution in [2.45, 2.75) is 12.5 Å². The number of carbonyl (C=O) groups excluding carboxylic acids is 1. The highest BCUT2D eigenvalue weighted by molar-refractivity contribution is 6.16. The number of carboxylic acid groups (broad SMARTS) is 1. The minimum atomic E-state index is -1.10. The Morgan fingerprint density at radius 1 is 0.933 bits per heavy atom. The van der Waals surface area contributed by atoms with Crippen LogP contribution in [-0.4, -0.2) is 35.1 Å². The molecule has 6 heteroatoms. The Morgan fingerprint density at radius 2 is 1.50 bits per heavy atom. The Morgan fingerprint density at radius 3 is 2.03 bits per heavy atom. The van der Waals surface area contributed by atoms with Gasteiger partial charge < -0.3 is 15.2 Å². The molecule has 0 radical (unpaired) electrons. The molecule has 6 nitrogen and oxygen atoms in total. The standard InChI is InChI=1S/C24H20N2O4/c1-30-16-12-10-15(11-13-16)14-21(24(28)29)26-23(27)22-17-6-2-4-8-19(17)25-20-9-5-3-7-18(20)22/h2-13,21H,14H2,1H3,(H,26,27)(H,28,29)/t21-/m1/s1. The number of nitrogens with zero attached hydrogens (tertiary/aromatic N) is 1. The minimum Gasteiger partial charge on any atom is -0.497 e. The van der Waals surface area contributed by atoms with Crippen LogP contribution in [0.1, 0.15) is 15.9 Å². The highest BCUT2D eigenvalue weighted by Gasteiger charge is 2.24. The molecule has 1 amide bonds. The number of rotatable bonds is 6. The van der Waals surface area contributed by atoms with Gasteiger partial charge in [-0.15, -0.1) is 0 Å². The lowest BCUT2D eigenvalue weighted by molar-refractivity contribution is -0.139. The van der Waals surface area contributed by atoms with Crippen LogP contribution in [0.15, 0.2) is 72.8 Å². The molecule has 3 aromatic carbocycles. The first-order valence-electron chi connectivity index (χ1n) is 9.51. The van der Waals surface area contributed by atoms with Crippen LogP contribution in [0, 0.1) is 0 Å². The fraction of sp³-hybridized carbons (Fsp3) is 0.125. The number of pyridine rings is 1.